The molecule has 2 aliphatic carbocycles. The molecule has 0 unspecified atom stereocenters. The third-order valence-electron chi connectivity index (χ3n) is 6.28. The van der Waals surface area contributed by atoms with Gasteiger partial charge in [-0.2, -0.15) is 0 Å². The van der Waals surface area contributed by atoms with E-state index in [4.69, 9.17) is 4.74 Å². The van der Waals surface area contributed by atoms with Crippen molar-refractivity contribution in [3.05, 3.63) is 35.4 Å². The van der Waals surface area contributed by atoms with Gasteiger partial charge in [0.1, 0.15) is 17.8 Å². The molecule has 5 heteroatoms. The topological polar surface area (TPSA) is 73.2 Å². The number of aromatic hydroxyl groups is 1. The zero-order valence-electron chi connectivity index (χ0n) is 12.4. The van der Waals surface area contributed by atoms with Gasteiger partial charge in [-0.25, -0.2) is 0 Å². The van der Waals surface area contributed by atoms with Crippen LogP contribution in [-0.2, 0) is 11.8 Å². The van der Waals surface area contributed by atoms with Gasteiger partial charge in [0.2, 0.25) is 0 Å². The number of phenolic OH excluding ortho intramolecular Hbond substituents is 1. The summed E-state index contributed by atoms with van der Waals surface area (Å²) >= 11 is 0. The summed E-state index contributed by atoms with van der Waals surface area (Å²) in [7, 11) is 2.03. The number of benzene rings is 1. The molecule has 4 aliphatic rings. The van der Waals surface area contributed by atoms with E-state index in [1.165, 1.54) is 0 Å². The van der Waals surface area contributed by atoms with Gasteiger partial charge in [0.05, 0.1) is 5.41 Å². The van der Waals surface area contributed by atoms with Crippen molar-refractivity contribution < 1.29 is 20.1 Å². The molecule has 5 atom stereocenters. The highest BCUT2D eigenvalue weighted by molar-refractivity contribution is 5.63. The van der Waals surface area contributed by atoms with Crippen molar-refractivity contribution in [1.29, 1.82) is 0 Å². The first kappa shape index (κ1) is 12.9. The van der Waals surface area contributed by atoms with Crippen LogP contribution in [0.3, 0.4) is 0 Å². The first-order valence-corrected chi connectivity index (χ1v) is 7.81. The maximum absolute atomic E-state index is 11.6. The number of hydrogen-bond donors (Lipinski definition) is 3. The van der Waals surface area contributed by atoms with Crippen LogP contribution in [0.15, 0.2) is 24.3 Å². The number of likely N-dealkylation sites (tertiary alicyclic amines) is 1. The van der Waals surface area contributed by atoms with E-state index in [1.807, 2.05) is 13.1 Å². The average Bonchev–Trinajstić information content (AvgIpc) is 2.85. The second-order valence-electron chi connectivity index (χ2n) is 7.08. The Bertz CT molecular complexity index is 717. The molecule has 2 bridgehead atoms. The second kappa shape index (κ2) is 3.67. The largest absolute Gasteiger partial charge is 0.504 e. The summed E-state index contributed by atoms with van der Waals surface area (Å²) in [5, 5.41) is 32.2. The minimum Gasteiger partial charge on any atom is -0.504 e. The lowest BCUT2D eigenvalue weighted by Gasteiger charge is -2.61. The Hall–Kier alpha value is -1.56. The Labute approximate surface area is 128 Å². The summed E-state index contributed by atoms with van der Waals surface area (Å²) in [6, 6.07) is 3.54. The fraction of sp³-hybridized carbons (Fsp3) is 0.529. The third kappa shape index (κ3) is 1.13. The molecule has 0 radical (unpaired) electrons. The molecule has 1 spiro atoms. The van der Waals surface area contributed by atoms with Crippen LogP contribution in [0.1, 0.15) is 17.5 Å². The maximum atomic E-state index is 11.6. The Morgan fingerprint density at radius 3 is 3.00 bits per heavy atom. The van der Waals surface area contributed by atoms with Crippen molar-refractivity contribution in [3.63, 3.8) is 0 Å². The number of hydrogen-bond acceptors (Lipinski definition) is 5. The van der Waals surface area contributed by atoms with Crippen molar-refractivity contribution >= 4 is 0 Å². The molecule has 1 saturated heterocycles. The molecule has 0 aromatic heterocycles. The van der Waals surface area contributed by atoms with Crippen molar-refractivity contribution in [1.82, 2.24) is 4.90 Å². The molecule has 5 nitrogen and oxygen atoms in total. The number of ether oxygens (including phenoxy) is 1. The van der Waals surface area contributed by atoms with Gasteiger partial charge in [0.15, 0.2) is 11.5 Å². The predicted molar refractivity (Wildman–Crippen MR) is 79.0 cm³/mol. The minimum atomic E-state index is -1.07. The lowest BCUT2D eigenvalue weighted by Crippen LogP contribution is -2.75. The summed E-state index contributed by atoms with van der Waals surface area (Å²) in [6.07, 6.45) is 3.51. The van der Waals surface area contributed by atoms with E-state index in [0.717, 1.165) is 17.7 Å². The van der Waals surface area contributed by atoms with Gasteiger partial charge in [0, 0.05) is 11.6 Å². The van der Waals surface area contributed by atoms with Crippen LogP contribution in [0.4, 0.5) is 0 Å². The molecular weight excluding hydrogens is 282 g/mol. The molecule has 1 aromatic carbocycles. The highest BCUT2D eigenvalue weighted by Gasteiger charge is 2.71. The van der Waals surface area contributed by atoms with E-state index >= 15 is 0 Å². The number of likely N-dealkylation sites (N-methyl/N-ethyl adjacent to an activating group) is 1. The zero-order valence-corrected chi connectivity index (χ0v) is 12.4. The van der Waals surface area contributed by atoms with Crippen molar-refractivity contribution in [2.24, 2.45) is 0 Å². The highest BCUT2D eigenvalue weighted by Crippen LogP contribution is 2.63. The Morgan fingerprint density at radius 2 is 2.18 bits per heavy atom. The number of nitrogens with zero attached hydrogens (tertiary/aromatic N) is 1. The normalized spacial score (nSPS) is 44.6. The van der Waals surface area contributed by atoms with Gasteiger partial charge in [0.25, 0.3) is 0 Å². The van der Waals surface area contributed by atoms with Crippen LogP contribution in [0.25, 0.3) is 0 Å². The fourth-order valence-corrected chi connectivity index (χ4v) is 5.29. The third-order valence-corrected chi connectivity index (χ3v) is 6.28. The van der Waals surface area contributed by atoms with Gasteiger partial charge in [-0.1, -0.05) is 18.2 Å². The van der Waals surface area contributed by atoms with Gasteiger partial charge in [-0.15, -0.1) is 0 Å². The van der Waals surface area contributed by atoms with Crippen LogP contribution < -0.4 is 4.74 Å². The van der Waals surface area contributed by atoms with Crippen LogP contribution in [0, 0.1) is 0 Å². The summed E-state index contributed by atoms with van der Waals surface area (Å²) in [5.74, 6) is 0.543. The molecule has 2 aliphatic heterocycles. The molecule has 1 fully saturated rings. The van der Waals surface area contributed by atoms with Gasteiger partial charge in [-0.05, 0) is 38.1 Å². The van der Waals surface area contributed by atoms with Crippen molar-refractivity contribution in [2.75, 3.05) is 13.6 Å². The molecule has 22 heavy (non-hydrogen) atoms. The average molecular weight is 301 g/mol. The summed E-state index contributed by atoms with van der Waals surface area (Å²) in [5.41, 5.74) is 0.280. The number of phenols is 1. The summed E-state index contributed by atoms with van der Waals surface area (Å²) in [4.78, 5) is 2.19. The lowest BCUT2D eigenvalue weighted by atomic mass is 9.50. The van der Waals surface area contributed by atoms with Crippen molar-refractivity contribution in [2.45, 2.75) is 42.1 Å². The van der Waals surface area contributed by atoms with E-state index in [9.17, 15) is 15.3 Å². The molecule has 0 saturated carbocycles. The predicted octanol–water partition coefficient (Wildman–Crippen LogP) is 0.313. The number of piperidine rings is 1. The summed E-state index contributed by atoms with van der Waals surface area (Å²) in [6.45, 7) is 0.835. The molecular formula is C17H19NO4. The smallest absolute Gasteiger partial charge is 0.165 e. The maximum Gasteiger partial charge on any atom is 0.165 e. The van der Waals surface area contributed by atoms with E-state index in [-0.39, 0.29) is 11.8 Å². The molecule has 116 valence electrons. The Kier molecular flexibility index (Phi) is 2.16. The molecule has 0 amide bonds. The quantitative estimate of drug-likeness (QED) is 0.602. The second-order valence-corrected chi connectivity index (χ2v) is 7.08. The molecule has 5 rings (SSSR count). The summed E-state index contributed by atoms with van der Waals surface area (Å²) < 4.78 is 5.99. The number of rotatable bonds is 0. The van der Waals surface area contributed by atoms with Gasteiger partial charge in [-0.3, -0.25) is 4.90 Å². The number of aliphatic hydroxyl groups is 2. The number of aliphatic hydroxyl groups excluding tert-OH is 1. The van der Waals surface area contributed by atoms with E-state index in [0.29, 0.717) is 18.6 Å². The van der Waals surface area contributed by atoms with E-state index < -0.39 is 23.2 Å². The minimum absolute atomic E-state index is 0.0425. The van der Waals surface area contributed by atoms with Crippen molar-refractivity contribution in [3.8, 4) is 11.5 Å². The standard InChI is InChI=1S/C17H19NO4/c1-18-7-6-16-13-9-2-3-10(19)14(13)22-15(16)11(20)4-5-17(16,21)12(18)8-9/h2-5,11-12,15,19-21H,6-8H2,1H3/t11-,12-,15-,16-,17+/m0/s1. The van der Waals surface area contributed by atoms with Crippen LogP contribution in [0.5, 0.6) is 11.5 Å². The van der Waals surface area contributed by atoms with Crippen LogP contribution in [0.2, 0.25) is 0 Å². The van der Waals surface area contributed by atoms with Crippen LogP contribution in [-0.4, -0.2) is 57.7 Å². The highest BCUT2D eigenvalue weighted by atomic mass is 16.5. The van der Waals surface area contributed by atoms with E-state index in [2.05, 4.69) is 4.90 Å². The Morgan fingerprint density at radius 1 is 1.36 bits per heavy atom. The first-order valence-electron chi connectivity index (χ1n) is 7.81. The molecule has 3 N–H and O–H groups in total. The first-order chi connectivity index (χ1) is 10.5. The lowest BCUT2D eigenvalue weighted by molar-refractivity contribution is -0.151. The monoisotopic (exact) mass is 301 g/mol. The SMILES string of the molecule is CN1CC[C@]23c4c5ccc(O)c4O[C@H]2[C@@H](O)C=C[C@@]3(O)[C@@H]1C5. The fourth-order valence-electron chi connectivity index (χ4n) is 5.29. The Balaban J connectivity index is 1.89. The van der Waals surface area contributed by atoms with Crippen LogP contribution >= 0.6 is 0 Å². The molecule has 1 aromatic rings. The van der Waals surface area contributed by atoms with E-state index in [1.54, 1.807) is 18.2 Å². The van der Waals surface area contributed by atoms with Gasteiger partial charge < -0.3 is 20.1 Å². The van der Waals surface area contributed by atoms with Gasteiger partial charge >= 0.3 is 0 Å². The zero-order chi connectivity index (χ0) is 15.3. The molecule has 2 heterocycles.